The zero-order valence-corrected chi connectivity index (χ0v) is 11.2. The van der Waals surface area contributed by atoms with E-state index in [2.05, 4.69) is 21.8 Å². The fourth-order valence-electron chi connectivity index (χ4n) is 2.35. The average molecular weight is 250 g/mol. The Kier molecular flexibility index (Phi) is 4.36. The Bertz CT molecular complexity index is 385. The summed E-state index contributed by atoms with van der Waals surface area (Å²) < 4.78 is 5.42. The monoisotopic (exact) mass is 250 g/mol. The third kappa shape index (κ3) is 2.90. The van der Waals surface area contributed by atoms with E-state index in [9.17, 15) is 0 Å². The molecule has 0 aliphatic carbocycles. The smallest absolute Gasteiger partial charge is 0.228 e. The van der Waals surface area contributed by atoms with Crippen molar-refractivity contribution in [1.29, 1.82) is 0 Å². The first-order valence-electron chi connectivity index (χ1n) is 6.67. The number of ether oxygens (including phenoxy) is 1. The second-order valence-electron chi connectivity index (χ2n) is 4.81. The Morgan fingerprint density at radius 2 is 2.33 bits per heavy atom. The number of rotatable bonds is 4. The molecule has 0 spiro atoms. The molecular formula is C13H22N4O. The lowest BCUT2D eigenvalue weighted by molar-refractivity contribution is 0.323. The molecule has 1 aliphatic heterocycles. The molecule has 1 aromatic heterocycles. The summed E-state index contributed by atoms with van der Waals surface area (Å²) in [6, 6.07) is 2.26. The van der Waals surface area contributed by atoms with Gasteiger partial charge in [-0.3, -0.25) is 0 Å². The molecule has 0 amide bonds. The summed E-state index contributed by atoms with van der Waals surface area (Å²) in [6.07, 6.45) is 4.09. The van der Waals surface area contributed by atoms with Gasteiger partial charge in [-0.25, -0.2) is 4.98 Å². The molecule has 1 fully saturated rings. The van der Waals surface area contributed by atoms with Crippen LogP contribution in [0.5, 0.6) is 5.88 Å². The van der Waals surface area contributed by atoms with Crippen LogP contribution < -0.4 is 15.4 Å². The van der Waals surface area contributed by atoms with E-state index >= 15 is 0 Å². The Labute approximate surface area is 108 Å². The van der Waals surface area contributed by atoms with Crippen LogP contribution in [-0.2, 0) is 0 Å². The quantitative estimate of drug-likeness (QED) is 0.876. The molecule has 0 aromatic carbocycles. The molecular weight excluding hydrogens is 228 g/mol. The van der Waals surface area contributed by atoms with Crippen LogP contribution in [0.15, 0.2) is 12.3 Å². The number of nitrogens with zero attached hydrogens (tertiary/aromatic N) is 3. The molecule has 18 heavy (non-hydrogen) atoms. The van der Waals surface area contributed by atoms with Gasteiger partial charge in [0.1, 0.15) is 0 Å². The minimum Gasteiger partial charge on any atom is -0.478 e. The number of anilines is 1. The van der Waals surface area contributed by atoms with Crippen LogP contribution in [0.25, 0.3) is 0 Å². The molecule has 0 radical (unpaired) electrons. The van der Waals surface area contributed by atoms with Crippen molar-refractivity contribution >= 4 is 5.95 Å². The lowest BCUT2D eigenvalue weighted by atomic mass is 9.94. The second kappa shape index (κ2) is 6.00. The first-order chi connectivity index (χ1) is 8.74. The van der Waals surface area contributed by atoms with E-state index in [1.165, 1.54) is 6.42 Å². The van der Waals surface area contributed by atoms with E-state index in [0.29, 0.717) is 24.4 Å². The molecule has 2 N–H and O–H groups in total. The minimum atomic E-state index is 0.463. The summed E-state index contributed by atoms with van der Waals surface area (Å²) in [5, 5.41) is 0. The van der Waals surface area contributed by atoms with Gasteiger partial charge >= 0.3 is 0 Å². The maximum absolute atomic E-state index is 5.77. The van der Waals surface area contributed by atoms with Gasteiger partial charge in [0.15, 0.2) is 0 Å². The van der Waals surface area contributed by atoms with Crippen LogP contribution in [0.4, 0.5) is 5.95 Å². The normalized spacial score (nSPS) is 24.1. The molecule has 2 atom stereocenters. The predicted octanol–water partition coefficient (Wildman–Crippen LogP) is 1.44. The van der Waals surface area contributed by atoms with Gasteiger partial charge in [0, 0.05) is 24.8 Å². The van der Waals surface area contributed by atoms with Gasteiger partial charge in [-0.2, -0.15) is 4.98 Å². The first kappa shape index (κ1) is 13.1. The topological polar surface area (TPSA) is 64.3 Å². The maximum Gasteiger partial charge on any atom is 0.228 e. The number of hydrogen-bond donors (Lipinski definition) is 1. The summed E-state index contributed by atoms with van der Waals surface area (Å²) >= 11 is 0. The fourth-order valence-corrected chi connectivity index (χ4v) is 2.35. The standard InChI is InChI=1S/C13H22N4O/c1-3-18-12-6-7-15-13(16-12)17-9-11(8-14)5-4-10(17)2/h6-7,10-11H,3-5,8-9,14H2,1-2H3. The summed E-state index contributed by atoms with van der Waals surface area (Å²) in [5.74, 6) is 1.94. The third-order valence-electron chi connectivity index (χ3n) is 3.48. The number of piperidine rings is 1. The minimum absolute atomic E-state index is 0.463. The molecule has 1 saturated heterocycles. The van der Waals surface area contributed by atoms with Crippen molar-refractivity contribution in [3.63, 3.8) is 0 Å². The summed E-state index contributed by atoms with van der Waals surface area (Å²) in [7, 11) is 0. The Morgan fingerprint density at radius 1 is 1.50 bits per heavy atom. The molecule has 0 saturated carbocycles. The van der Waals surface area contributed by atoms with Crippen molar-refractivity contribution in [2.75, 3.05) is 24.6 Å². The van der Waals surface area contributed by atoms with Crippen LogP contribution in [0.2, 0.25) is 0 Å². The van der Waals surface area contributed by atoms with Gasteiger partial charge in [0.05, 0.1) is 6.61 Å². The SMILES string of the molecule is CCOc1ccnc(N2CC(CN)CCC2C)n1. The molecule has 2 heterocycles. The van der Waals surface area contributed by atoms with Crippen molar-refractivity contribution in [2.24, 2.45) is 11.7 Å². The van der Waals surface area contributed by atoms with E-state index < -0.39 is 0 Å². The van der Waals surface area contributed by atoms with Gasteiger partial charge in [-0.1, -0.05) is 0 Å². The summed E-state index contributed by atoms with van der Waals surface area (Å²) in [4.78, 5) is 11.1. The largest absolute Gasteiger partial charge is 0.478 e. The molecule has 2 unspecified atom stereocenters. The van der Waals surface area contributed by atoms with Crippen molar-refractivity contribution in [3.8, 4) is 5.88 Å². The van der Waals surface area contributed by atoms with Crippen LogP contribution in [-0.4, -0.2) is 35.7 Å². The first-order valence-corrected chi connectivity index (χ1v) is 6.67. The van der Waals surface area contributed by atoms with Crippen molar-refractivity contribution in [1.82, 2.24) is 9.97 Å². The summed E-state index contributed by atoms with van der Waals surface area (Å²) in [5.41, 5.74) is 5.77. The lowest BCUT2D eigenvalue weighted by Crippen LogP contribution is -2.44. The van der Waals surface area contributed by atoms with Crippen LogP contribution in [0.1, 0.15) is 26.7 Å². The maximum atomic E-state index is 5.77. The molecule has 1 aromatic rings. The van der Waals surface area contributed by atoms with Gasteiger partial charge < -0.3 is 15.4 Å². The average Bonchev–Trinajstić information content (AvgIpc) is 2.40. The number of aromatic nitrogens is 2. The van der Waals surface area contributed by atoms with Crippen molar-refractivity contribution < 1.29 is 4.74 Å². The highest BCUT2D eigenvalue weighted by atomic mass is 16.5. The Morgan fingerprint density at radius 3 is 3.06 bits per heavy atom. The third-order valence-corrected chi connectivity index (χ3v) is 3.48. The van der Waals surface area contributed by atoms with Crippen molar-refractivity contribution in [2.45, 2.75) is 32.7 Å². The zero-order valence-electron chi connectivity index (χ0n) is 11.2. The second-order valence-corrected chi connectivity index (χ2v) is 4.81. The van der Waals surface area contributed by atoms with Crippen LogP contribution >= 0.6 is 0 Å². The van der Waals surface area contributed by atoms with Gasteiger partial charge in [-0.05, 0) is 39.2 Å². The lowest BCUT2D eigenvalue weighted by Gasteiger charge is -2.37. The highest BCUT2D eigenvalue weighted by Crippen LogP contribution is 2.25. The van der Waals surface area contributed by atoms with E-state index in [1.807, 2.05) is 6.92 Å². The fraction of sp³-hybridized carbons (Fsp3) is 0.692. The van der Waals surface area contributed by atoms with Crippen LogP contribution in [0, 0.1) is 5.92 Å². The molecule has 100 valence electrons. The Balaban J connectivity index is 2.15. The molecule has 5 heteroatoms. The molecule has 1 aliphatic rings. The highest BCUT2D eigenvalue weighted by Gasteiger charge is 2.26. The van der Waals surface area contributed by atoms with Gasteiger partial charge in [0.2, 0.25) is 11.8 Å². The summed E-state index contributed by atoms with van der Waals surface area (Å²) in [6.45, 7) is 6.46. The predicted molar refractivity (Wildman–Crippen MR) is 71.8 cm³/mol. The Hall–Kier alpha value is -1.36. The van der Waals surface area contributed by atoms with Crippen LogP contribution in [0.3, 0.4) is 0 Å². The molecule has 2 rings (SSSR count). The number of hydrogen-bond acceptors (Lipinski definition) is 5. The van der Waals surface area contributed by atoms with Gasteiger partial charge in [-0.15, -0.1) is 0 Å². The molecule has 0 bridgehead atoms. The number of nitrogens with two attached hydrogens (primary N) is 1. The van der Waals surface area contributed by atoms with Gasteiger partial charge in [0.25, 0.3) is 0 Å². The van der Waals surface area contributed by atoms with E-state index in [4.69, 9.17) is 10.5 Å². The highest BCUT2D eigenvalue weighted by molar-refractivity contribution is 5.34. The van der Waals surface area contributed by atoms with E-state index in [-0.39, 0.29) is 0 Å². The molecule has 5 nitrogen and oxygen atoms in total. The van der Waals surface area contributed by atoms with E-state index in [0.717, 1.165) is 25.5 Å². The zero-order chi connectivity index (χ0) is 13.0. The van der Waals surface area contributed by atoms with Crippen molar-refractivity contribution in [3.05, 3.63) is 12.3 Å². The van der Waals surface area contributed by atoms with E-state index in [1.54, 1.807) is 12.3 Å².